The van der Waals surface area contributed by atoms with Crippen LogP contribution in [0.15, 0.2) is 42.5 Å². The largest absolute Gasteiger partial charge is 0.481 e. The van der Waals surface area contributed by atoms with E-state index in [1.807, 2.05) is 36.4 Å². The molecule has 0 spiro atoms. The van der Waals surface area contributed by atoms with E-state index in [-0.39, 0.29) is 0 Å². The Morgan fingerprint density at radius 3 is 2.59 bits per heavy atom. The van der Waals surface area contributed by atoms with Crippen molar-refractivity contribution >= 4 is 24.0 Å². The van der Waals surface area contributed by atoms with E-state index in [0.717, 1.165) is 18.1 Å². The van der Waals surface area contributed by atoms with Crippen LogP contribution in [0.25, 0.3) is 10.8 Å². The molecular formula is C13H9BNO2. The minimum atomic E-state index is -1.01. The summed E-state index contributed by atoms with van der Waals surface area (Å²) >= 11 is 0. The zero-order chi connectivity index (χ0) is 12.3. The normalized spacial score (nSPS) is 11.7. The zero-order valence-corrected chi connectivity index (χ0v) is 9.00. The summed E-state index contributed by atoms with van der Waals surface area (Å²) < 4.78 is 0. The Labute approximate surface area is 99.5 Å². The van der Waals surface area contributed by atoms with Gasteiger partial charge in [-0.2, -0.15) is 0 Å². The van der Waals surface area contributed by atoms with E-state index in [4.69, 9.17) is 10.4 Å². The summed E-state index contributed by atoms with van der Waals surface area (Å²) in [5, 5.41) is 19.7. The van der Waals surface area contributed by atoms with Crippen LogP contribution >= 0.6 is 0 Å². The molecule has 0 fully saturated rings. The van der Waals surface area contributed by atoms with E-state index in [9.17, 15) is 4.79 Å². The summed E-state index contributed by atoms with van der Waals surface area (Å²) in [6, 6.07) is 13.1. The summed E-state index contributed by atoms with van der Waals surface area (Å²) in [4.78, 5) is 11.0. The van der Waals surface area contributed by atoms with Gasteiger partial charge in [-0.15, -0.1) is 0 Å². The molecule has 0 aliphatic rings. The monoisotopic (exact) mass is 222 g/mol. The van der Waals surface area contributed by atoms with Crippen molar-refractivity contribution in [3.05, 3.63) is 48.0 Å². The number of carboxylic acids is 1. The molecule has 2 aromatic carbocycles. The van der Waals surface area contributed by atoms with Crippen molar-refractivity contribution in [2.24, 2.45) is 0 Å². The highest BCUT2D eigenvalue weighted by molar-refractivity contribution is 6.51. The number of carboxylic acid groups (broad SMARTS) is 1. The van der Waals surface area contributed by atoms with Crippen LogP contribution in [0.1, 0.15) is 11.4 Å². The second-order valence-electron chi connectivity index (χ2n) is 3.72. The quantitative estimate of drug-likeness (QED) is 0.809. The maximum absolute atomic E-state index is 11.0. The molecule has 0 bridgehead atoms. The standard InChI is InChI=1S/C13H9BNO2/c15-8-14-12(13(16)17)11-6-5-9-3-1-2-4-10(9)7-11/h1-7,12H,(H,16,17). The lowest BCUT2D eigenvalue weighted by Gasteiger charge is -2.09. The molecule has 3 nitrogen and oxygen atoms in total. The Morgan fingerprint density at radius 2 is 1.94 bits per heavy atom. The Morgan fingerprint density at radius 1 is 1.24 bits per heavy atom. The van der Waals surface area contributed by atoms with Gasteiger partial charge in [-0.3, -0.25) is 4.79 Å². The number of rotatable bonds is 3. The van der Waals surface area contributed by atoms with Crippen LogP contribution in [0.4, 0.5) is 0 Å². The Kier molecular flexibility index (Phi) is 3.11. The van der Waals surface area contributed by atoms with Crippen molar-refractivity contribution < 1.29 is 9.90 Å². The number of nitriles is 1. The average Bonchev–Trinajstić information content (AvgIpc) is 2.35. The van der Waals surface area contributed by atoms with Gasteiger partial charge in [0.2, 0.25) is 0 Å². The van der Waals surface area contributed by atoms with Crippen molar-refractivity contribution in [2.75, 3.05) is 0 Å². The summed E-state index contributed by atoms with van der Waals surface area (Å²) in [6.45, 7) is 0. The van der Waals surface area contributed by atoms with Gasteiger partial charge in [-0.05, 0) is 22.3 Å². The second kappa shape index (κ2) is 4.71. The molecule has 1 atom stereocenters. The van der Waals surface area contributed by atoms with Crippen LogP contribution < -0.4 is 0 Å². The van der Waals surface area contributed by atoms with E-state index in [1.54, 1.807) is 12.0 Å². The molecule has 1 radical (unpaired) electrons. The van der Waals surface area contributed by atoms with Gasteiger partial charge in [0.05, 0.1) is 5.82 Å². The third-order valence-corrected chi connectivity index (χ3v) is 2.64. The molecule has 81 valence electrons. The average molecular weight is 222 g/mol. The molecule has 0 saturated carbocycles. The third-order valence-electron chi connectivity index (χ3n) is 2.64. The van der Waals surface area contributed by atoms with E-state index < -0.39 is 11.8 Å². The Hall–Kier alpha value is -2.28. The molecule has 4 heteroatoms. The van der Waals surface area contributed by atoms with E-state index >= 15 is 0 Å². The lowest BCUT2D eigenvalue weighted by atomic mass is 9.63. The lowest BCUT2D eigenvalue weighted by molar-refractivity contribution is -0.136. The van der Waals surface area contributed by atoms with Crippen LogP contribution in [0.5, 0.6) is 0 Å². The van der Waals surface area contributed by atoms with Crippen LogP contribution in [0.2, 0.25) is 0 Å². The third kappa shape index (κ3) is 2.29. The van der Waals surface area contributed by atoms with Crippen LogP contribution in [-0.2, 0) is 4.79 Å². The first-order valence-corrected chi connectivity index (χ1v) is 5.17. The molecule has 1 unspecified atom stereocenters. The van der Waals surface area contributed by atoms with Crippen molar-refractivity contribution in [3.8, 4) is 5.97 Å². The van der Waals surface area contributed by atoms with Gasteiger partial charge in [-0.1, -0.05) is 42.5 Å². The highest BCUT2D eigenvalue weighted by atomic mass is 16.4. The number of fused-ring (bicyclic) bond motifs is 1. The lowest BCUT2D eigenvalue weighted by Crippen LogP contribution is -2.17. The van der Waals surface area contributed by atoms with Crippen molar-refractivity contribution in [1.82, 2.24) is 0 Å². The first-order valence-electron chi connectivity index (χ1n) is 5.17. The van der Waals surface area contributed by atoms with Gasteiger partial charge in [0.25, 0.3) is 7.28 Å². The van der Waals surface area contributed by atoms with Gasteiger partial charge in [0, 0.05) is 0 Å². The van der Waals surface area contributed by atoms with Gasteiger partial charge in [-0.25, -0.2) is 5.26 Å². The molecule has 1 N–H and O–H groups in total. The van der Waals surface area contributed by atoms with Crippen LogP contribution in [-0.4, -0.2) is 18.4 Å². The van der Waals surface area contributed by atoms with Crippen molar-refractivity contribution in [2.45, 2.75) is 5.82 Å². The Balaban J connectivity index is 2.48. The van der Waals surface area contributed by atoms with Gasteiger partial charge < -0.3 is 5.11 Å². The van der Waals surface area contributed by atoms with Crippen LogP contribution in [0.3, 0.4) is 0 Å². The number of hydrogen-bond donors (Lipinski definition) is 1. The Bertz CT molecular complexity index is 604. The fourth-order valence-electron chi connectivity index (χ4n) is 1.79. The van der Waals surface area contributed by atoms with Crippen LogP contribution in [0, 0.1) is 11.2 Å². The summed E-state index contributed by atoms with van der Waals surface area (Å²) in [5.74, 6) is -0.0931. The fraction of sp³-hybridized carbons (Fsp3) is 0.0769. The van der Waals surface area contributed by atoms with Gasteiger partial charge in [0.15, 0.2) is 0 Å². The molecule has 2 aromatic rings. The highest BCUT2D eigenvalue weighted by Crippen LogP contribution is 2.21. The molecule has 17 heavy (non-hydrogen) atoms. The van der Waals surface area contributed by atoms with E-state index in [0.29, 0.717) is 5.56 Å². The molecular weight excluding hydrogens is 213 g/mol. The molecule has 2 rings (SSSR count). The molecule has 0 aliphatic carbocycles. The first-order chi connectivity index (χ1) is 8.22. The maximum atomic E-state index is 11.0. The molecule has 0 amide bonds. The van der Waals surface area contributed by atoms with Crippen molar-refractivity contribution in [1.29, 1.82) is 5.26 Å². The summed E-state index contributed by atoms with van der Waals surface area (Å²) in [7, 11) is 1.13. The van der Waals surface area contributed by atoms with Crippen molar-refractivity contribution in [3.63, 3.8) is 0 Å². The highest BCUT2D eigenvalue weighted by Gasteiger charge is 2.21. The maximum Gasteiger partial charge on any atom is 0.304 e. The number of hydrogen-bond acceptors (Lipinski definition) is 2. The van der Waals surface area contributed by atoms with E-state index in [2.05, 4.69) is 0 Å². The minimum Gasteiger partial charge on any atom is -0.481 e. The predicted octanol–water partition coefficient (Wildman–Crippen LogP) is 2.15. The smallest absolute Gasteiger partial charge is 0.304 e. The zero-order valence-electron chi connectivity index (χ0n) is 9.00. The minimum absolute atomic E-state index is 0.623. The number of carbonyl (C=O) groups is 1. The topological polar surface area (TPSA) is 61.1 Å². The summed E-state index contributed by atoms with van der Waals surface area (Å²) in [6.07, 6.45) is 0. The predicted molar refractivity (Wildman–Crippen MR) is 65.7 cm³/mol. The number of nitrogens with zero attached hydrogens (tertiary/aromatic N) is 1. The first kappa shape index (κ1) is 11.2. The van der Waals surface area contributed by atoms with E-state index in [1.165, 1.54) is 0 Å². The SMILES string of the molecule is N#C[B]C(C(=O)O)c1ccc2ccccc2c1. The summed E-state index contributed by atoms with van der Waals surface area (Å²) in [5.41, 5.74) is 0.623. The number of aliphatic carboxylic acids is 1. The van der Waals surface area contributed by atoms with Gasteiger partial charge in [0.1, 0.15) is 0 Å². The molecule has 0 heterocycles. The molecule has 0 saturated heterocycles. The fourth-order valence-corrected chi connectivity index (χ4v) is 1.79. The molecule has 0 aromatic heterocycles. The number of benzene rings is 2. The second-order valence-corrected chi connectivity index (χ2v) is 3.72. The molecule has 0 aliphatic heterocycles. The van der Waals surface area contributed by atoms with Gasteiger partial charge >= 0.3 is 5.97 Å².